The average Bonchev–Trinajstić information content (AvgIpc) is 4.08. The highest BCUT2D eigenvalue weighted by Crippen LogP contribution is 2.35. The lowest BCUT2D eigenvalue weighted by Crippen LogP contribution is -2.29. The summed E-state index contributed by atoms with van der Waals surface area (Å²) in [6, 6.07) is 28.8. The van der Waals surface area contributed by atoms with Crippen molar-refractivity contribution < 1.29 is 67.6 Å². The number of hydrogen-bond acceptors (Lipinski definition) is 12. The second-order valence-corrected chi connectivity index (χ2v) is 15.3. The van der Waals surface area contributed by atoms with Crippen molar-refractivity contribution in [1.29, 1.82) is 0 Å². The second-order valence-electron chi connectivity index (χ2n) is 15.3. The molecule has 6 aromatic carbocycles. The summed E-state index contributed by atoms with van der Waals surface area (Å²) < 4.78 is 26.0. The van der Waals surface area contributed by atoms with E-state index in [0.717, 1.165) is 38.0 Å². The van der Waals surface area contributed by atoms with Gasteiger partial charge in [-0.05, 0) is 84.6 Å². The second kappa shape index (κ2) is 19.9. The van der Waals surface area contributed by atoms with E-state index in [9.17, 15) is 62.5 Å². The van der Waals surface area contributed by atoms with Gasteiger partial charge in [0, 0.05) is 71.5 Å². The lowest BCUT2D eigenvalue weighted by atomic mass is 10.1. The lowest BCUT2D eigenvalue weighted by Gasteiger charge is -2.16. The smallest absolute Gasteiger partial charge is 0.258 e. The number of phenolic OH excluding ortho intramolecular Hbond substituents is 4. The highest BCUT2D eigenvalue weighted by Gasteiger charge is 2.29. The molecule has 0 spiro atoms. The van der Waals surface area contributed by atoms with Crippen molar-refractivity contribution in [2.45, 2.75) is 13.8 Å². The molecule has 0 atom stereocenters. The minimum Gasteiger partial charge on any atom is -0.508 e. The van der Waals surface area contributed by atoms with Crippen molar-refractivity contribution in [2.24, 2.45) is 0 Å². The molecule has 4 aliphatic rings. The first-order chi connectivity index (χ1) is 33.3. The molecule has 0 aliphatic carbocycles. The summed E-state index contributed by atoms with van der Waals surface area (Å²) >= 11 is 0. The van der Waals surface area contributed by atoms with Gasteiger partial charge in [-0.25, -0.2) is 28.4 Å². The van der Waals surface area contributed by atoms with Crippen molar-refractivity contribution >= 4 is 80.8 Å². The molecule has 350 valence electrons. The summed E-state index contributed by atoms with van der Waals surface area (Å²) in [5.41, 5.74) is 4.45. The molecule has 0 saturated heterocycles. The Morgan fingerprint density at radius 1 is 0.371 bits per heavy atom. The first kappa shape index (κ1) is 48.1. The molecule has 70 heavy (non-hydrogen) atoms. The maximum absolute atomic E-state index is 13.0. The monoisotopic (exact) mass is 946 g/mol. The first-order valence-electron chi connectivity index (χ1n) is 20.7. The number of nitrogens with zero attached hydrogens (tertiary/aromatic N) is 4. The Hall–Kier alpha value is -9.84. The van der Waals surface area contributed by atoms with Gasteiger partial charge in [0.2, 0.25) is 0 Å². The van der Waals surface area contributed by atoms with E-state index in [1.807, 2.05) is 12.1 Å². The minimum absolute atomic E-state index is 0.126. The van der Waals surface area contributed by atoms with Gasteiger partial charge in [-0.2, -0.15) is 0 Å². The number of carbonyl (C=O) groups is 8. The largest absolute Gasteiger partial charge is 0.508 e. The molecule has 4 N–H and O–H groups in total. The van der Waals surface area contributed by atoms with Crippen LogP contribution in [0.4, 0.5) is 31.5 Å². The highest BCUT2D eigenvalue weighted by molar-refractivity contribution is 6.31. The summed E-state index contributed by atoms with van der Waals surface area (Å²) in [6.45, 7) is 3.45. The third-order valence-electron chi connectivity index (χ3n) is 10.7. The van der Waals surface area contributed by atoms with Gasteiger partial charge in [0.15, 0.2) is 17.4 Å². The van der Waals surface area contributed by atoms with Crippen LogP contribution in [0.2, 0.25) is 0 Å². The fourth-order valence-electron chi connectivity index (χ4n) is 7.26. The topological polar surface area (TPSA) is 230 Å². The van der Waals surface area contributed by atoms with E-state index < -0.39 is 29.2 Å². The van der Waals surface area contributed by atoms with Crippen LogP contribution in [0.1, 0.15) is 11.1 Å². The Kier molecular flexibility index (Phi) is 13.7. The average molecular weight is 947 g/mol. The maximum Gasteiger partial charge on any atom is 0.258 e. The van der Waals surface area contributed by atoms with Gasteiger partial charge in [-0.3, -0.25) is 38.4 Å². The molecule has 0 unspecified atom stereocenters. The van der Waals surface area contributed by atoms with Gasteiger partial charge < -0.3 is 20.4 Å². The number of benzene rings is 6. The van der Waals surface area contributed by atoms with Gasteiger partial charge in [0.25, 0.3) is 47.3 Å². The van der Waals surface area contributed by atoms with Crippen LogP contribution in [0, 0.1) is 25.5 Å². The number of imide groups is 4. The van der Waals surface area contributed by atoms with Crippen molar-refractivity contribution in [3.05, 3.63) is 181 Å². The summed E-state index contributed by atoms with van der Waals surface area (Å²) in [6.07, 6.45) is 9.45. The van der Waals surface area contributed by atoms with E-state index in [4.69, 9.17) is 5.11 Å². The predicted octanol–water partition coefficient (Wildman–Crippen LogP) is 7.00. The fraction of sp³-hybridized carbons (Fsp3) is 0.0385. The molecule has 6 aromatic rings. The van der Waals surface area contributed by atoms with Crippen molar-refractivity contribution in [2.75, 3.05) is 19.6 Å². The van der Waals surface area contributed by atoms with E-state index in [1.54, 1.807) is 92.7 Å². The van der Waals surface area contributed by atoms with Gasteiger partial charge in [-0.1, -0.05) is 48.5 Å². The van der Waals surface area contributed by atoms with Crippen molar-refractivity contribution in [1.82, 2.24) is 0 Å². The highest BCUT2D eigenvalue weighted by atomic mass is 19.1. The number of halogens is 2. The number of amides is 8. The van der Waals surface area contributed by atoms with E-state index in [1.165, 1.54) is 42.5 Å². The van der Waals surface area contributed by atoms with Crippen LogP contribution in [0.25, 0.3) is 21.9 Å². The van der Waals surface area contributed by atoms with Gasteiger partial charge in [0.1, 0.15) is 17.2 Å². The zero-order valence-corrected chi connectivity index (χ0v) is 36.6. The van der Waals surface area contributed by atoms with E-state index in [2.05, 4.69) is 0 Å². The van der Waals surface area contributed by atoms with Crippen LogP contribution in [0.15, 0.2) is 158 Å². The number of aromatic hydroxyl groups is 4. The molecular weight excluding hydrogens is 911 g/mol. The van der Waals surface area contributed by atoms with E-state index >= 15 is 0 Å². The molecule has 0 radical (unpaired) electrons. The minimum atomic E-state index is -1.23. The third-order valence-corrected chi connectivity index (χ3v) is 10.7. The maximum atomic E-state index is 13.0. The molecule has 16 nitrogen and oxygen atoms in total. The molecule has 0 fully saturated rings. The van der Waals surface area contributed by atoms with Crippen molar-refractivity contribution in [3.63, 3.8) is 0 Å². The SMILES string of the molecule is Cc1cc(N2C(=O)C=CC2=O)cc(C)c1O.O=C1C=CC(=O)N1c1cc(F)c(O)c(F)c1.O=C1C=CC(=O)N1c1ccc(-c2ccc(O)cc2)cc1.O=C1C=CC(=O)N1c1ccc(O)c2ccccc12. The van der Waals surface area contributed by atoms with Gasteiger partial charge in [-0.15, -0.1) is 0 Å². The fourth-order valence-corrected chi connectivity index (χ4v) is 7.26. The third kappa shape index (κ3) is 9.96. The van der Waals surface area contributed by atoms with E-state index in [-0.39, 0.29) is 58.4 Å². The molecular formula is C52H36F2N4O12. The van der Waals surface area contributed by atoms with Crippen LogP contribution in [-0.4, -0.2) is 67.7 Å². The Morgan fingerprint density at radius 2 is 0.729 bits per heavy atom. The van der Waals surface area contributed by atoms with Crippen LogP contribution >= 0.6 is 0 Å². The molecule has 18 heteroatoms. The van der Waals surface area contributed by atoms with Crippen LogP contribution in [0.5, 0.6) is 23.0 Å². The summed E-state index contributed by atoms with van der Waals surface area (Å²) in [5, 5.41) is 38.8. The first-order valence-corrected chi connectivity index (χ1v) is 20.7. The molecule has 0 bridgehead atoms. The van der Waals surface area contributed by atoms with Gasteiger partial charge >= 0.3 is 0 Å². The van der Waals surface area contributed by atoms with Crippen LogP contribution in [0.3, 0.4) is 0 Å². The Labute approximate surface area is 395 Å². The zero-order valence-electron chi connectivity index (χ0n) is 36.6. The van der Waals surface area contributed by atoms with Crippen molar-refractivity contribution in [3.8, 4) is 34.1 Å². The van der Waals surface area contributed by atoms with Crippen LogP contribution in [-0.2, 0) is 38.4 Å². The number of rotatable bonds is 5. The molecule has 8 amide bonds. The molecule has 4 heterocycles. The normalized spacial score (nSPS) is 14.7. The number of anilines is 4. The number of phenols is 4. The Morgan fingerprint density at radius 3 is 1.16 bits per heavy atom. The predicted molar refractivity (Wildman–Crippen MR) is 251 cm³/mol. The molecule has 10 rings (SSSR count). The molecule has 0 saturated carbocycles. The molecule has 0 aromatic heterocycles. The summed E-state index contributed by atoms with van der Waals surface area (Å²) in [4.78, 5) is 95.7. The quantitative estimate of drug-likeness (QED) is 0.128. The summed E-state index contributed by atoms with van der Waals surface area (Å²) in [7, 11) is 0. The number of aryl methyl sites for hydroxylation is 2. The Bertz CT molecular complexity index is 3110. The number of hydrogen-bond donors (Lipinski definition) is 4. The Balaban J connectivity index is 0.000000138. The van der Waals surface area contributed by atoms with E-state index in [0.29, 0.717) is 56.0 Å². The standard InChI is InChI=1S/C16H11NO3.C14H9NO3.C12H11NO3.C10H5F2NO3/c18-14-7-3-12(4-8-14)11-1-5-13(6-2-11)17-15(19)9-10-16(17)20;16-12-6-5-11(9-3-1-2-4-10(9)12)15-13(17)7-8-14(15)18;1-7-5-9(6-8(2)12(7)16)13-10(14)3-4-11(13)15;11-6-3-5(4-7(12)10(6)16)13-8(14)1-2-9(13)15/h1-10,18H;1-8,16H;3-6,16H,1-2H3;1-4,16H. The van der Waals surface area contributed by atoms with Crippen LogP contribution < -0.4 is 19.6 Å². The number of fused-ring (bicyclic) bond motifs is 1. The molecule has 4 aliphatic heterocycles. The number of carbonyl (C=O) groups excluding carboxylic acids is 8. The lowest BCUT2D eigenvalue weighted by molar-refractivity contribution is -0.121. The summed E-state index contributed by atoms with van der Waals surface area (Å²) in [5.74, 6) is -6.54. The van der Waals surface area contributed by atoms with Gasteiger partial charge in [0.05, 0.1) is 22.7 Å². The zero-order chi connectivity index (χ0) is 50.6.